The molecule has 0 saturated carbocycles. The highest BCUT2D eigenvalue weighted by Gasteiger charge is 2.22. The Bertz CT molecular complexity index is 1070. The third-order valence-corrected chi connectivity index (χ3v) is 7.25. The Labute approximate surface area is 195 Å². The van der Waals surface area contributed by atoms with Crippen molar-refractivity contribution in [3.05, 3.63) is 58.7 Å². The first kappa shape index (κ1) is 22.9. The normalized spacial score (nSPS) is 14.7. The van der Waals surface area contributed by atoms with Gasteiger partial charge in [-0.15, -0.1) is 0 Å². The first-order chi connectivity index (χ1) is 15.5. The molecule has 6 heteroatoms. The maximum atomic E-state index is 13.5. The summed E-state index contributed by atoms with van der Waals surface area (Å²) in [6.07, 6.45) is 2.27. The van der Waals surface area contributed by atoms with Crippen LogP contribution in [0.4, 0.5) is 5.13 Å². The van der Waals surface area contributed by atoms with Crippen molar-refractivity contribution >= 4 is 32.6 Å². The summed E-state index contributed by atoms with van der Waals surface area (Å²) < 4.78 is 6.61. The molecule has 3 aromatic rings. The van der Waals surface area contributed by atoms with E-state index in [1.807, 2.05) is 4.90 Å². The number of nitrogens with zero attached hydrogens (tertiary/aromatic N) is 3. The van der Waals surface area contributed by atoms with Gasteiger partial charge in [-0.2, -0.15) is 0 Å². The van der Waals surface area contributed by atoms with E-state index in [-0.39, 0.29) is 5.91 Å². The minimum atomic E-state index is 0.123. The van der Waals surface area contributed by atoms with Gasteiger partial charge in [0, 0.05) is 26.2 Å². The summed E-state index contributed by atoms with van der Waals surface area (Å²) in [7, 11) is 0. The standard InChI is InChI=1S/C26H33N3O2S/c1-4-21-7-5-8-23-25(21)27-26(32-23)29(12-6-11-28-13-15-31-16-14-28)24(30)18-22-17-19(2)9-10-20(22)3/h5,7-10,17H,4,6,11-16,18H2,1-3H3. The quantitative estimate of drug-likeness (QED) is 0.495. The number of thiazole rings is 1. The van der Waals surface area contributed by atoms with Gasteiger partial charge in [0.05, 0.1) is 29.9 Å². The smallest absolute Gasteiger partial charge is 0.233 e. The van der Waals surface area contributed by atoms with Crippen LogP contribution in [-0.4, -0.2) is 55.2 Å². The van der Waals surface area contributed by atoms with Gasteiger partial charge >= 0.3 is 0 Å². The van der Waals surface area contributed by atoms with Crippen LogP contribution in [0.2, 0.25) is 0 Å². The monoisotopic (exact) mass is 451 g/mol. The Balaban J connectivity index is 1.57. The van der Waals surface area contributed by atoms with Gasteiger partial charge in [-0.3, -0.25) is 14.6 Å². The molecule has 0 spiro atoms. The Kier molecular flexibility index (Phi) is 7.55. The minimum absolute atomic E-state index is 0.123. The van der Waals surface area contributed by atoms with E-state index < -0.39 is 0 Å². The van der Waals surface area contributed by atoms with E-state index in [2.05, 4.69) is 62.1 Å². The molecule has 2 heterocycles. The predicted octanol–water partition coefficient (Wildman–Crippen LogP) is 4.77. The van der Waals surface area contributed by atoms with Crippen LogP contribution in [0.3, 0.4) is 0 Å². The highest BCUT2D eigenvalue weighted by atomic mass is 32.1. The van der Waals surface area contributed by atoms with E-state index in [1.165, 1.54) is 11.1 Å². The number of amides is 1. The number of hydrogen-bond acceptors (Lipinski definition) is 5. The highest BCUT2D eigenvalue weighted by Crippen LogP contribution is 2.31. The summed E-state index contributed by atoms with van der Waals surface area (Å²) >= 11 is 1.63. The number of rotatable bonds is 8. The molecule has 2 aromatic carbocycles. The summed E-state index contributed by atoms with van der Waals surface area (Å²) in [6.45, 7) is 11.5. The van der Waals surface area contributed by atoms with Gasteiger partial charge in [-0.05, 0) is 49.4 Å². The molecule has 0 atom stereocenters. The SMILES string of the molecule is CCc1cccc2sc(N(CCCN3CCOCC3)C(=O)Cc3cc(C)ccc3C)nc12. The van der Waals surface area contributed by atoms with E-state index >= 15 is 0 Å². The lowest BCUT2D eigenvalue weighted by atomic mass is 10.0. The second kappa shape index (κ2) is 10.6. The maximum absolute atomic E-state index is 13.5. The molecular weight excluding hydrogens is 418 g/mol. The molecule has 0 unspecified atom stereocenters. The number of aromatic nitrogens is 1. The van der Waals surface area contributed by atoms with Gasteiger partial charge in [-0.25, -0.2) is 4.98 Å². The fraction of sp³-hybridized carbons (Fsp3) is 0.462. The number of ether oxygens (including phenoxy) is 1. The molecule has 1 aromatic heterocycles. The summed E-state index contributed by atoms with van der Waals surface area (Å²) in [5, 5.41) is 0.818. The maximum Gasteiger partial charge on any atom is 0.233 e. The van der Waals surface area contributed by atoms with Crippen LogP contribution in [-0.2, 0) is 22.4 Å². The zero-order valence-corrected chi connectivity index (χ0v) is 20.2. The molecule has 0 bridgehead atoms. The number of anilines is 1. The Morgan fingerprint density at radius 3 is 2.75 bits per heavy atom. The number of para-hydroxylation sites is 1. The molecule has 0 N–H and O–H groups in total. The number of fused-ring (bicyclic) bond motifs is 1. The van der Waals surface area contributed by atoms with Crippen molar-refractivity contribution in [1.82, 2.24) is 9.88 Å². The zero-order valence-electron chi connectivity index (χ0n) is 19.4. The Morgan fingerprint density at radius 2 is 1.97 bits per heavy atom. The van der Waals surface area contributed by atoms with Gasteiger partial charge in [-0.1, -0.05) is 54.2 Å². The summed E-state index contributed by atoms with van der Waals surface area (Å²) in [6, 6.07) is 12.7. The van der Waals surface area contributed by atoms with Crippen LogP contribution >= 0.6 is 11.3 Å². The fourth-order valence-corrected chi connectivity index (χ4v) is 5.30. The topological polar surface area (TPSA) is 45.7 Å². The lowest BCUT2D eigenvalue weighted by molar-refractivity contribution is -0.118. The molecule has 4 rings (SSSR count). The van der Waals surface area contributed by atoms with Crippen molar-refractivity contribution in [2.75, 3.05) is 44.3 Å². The van der Waals surface area contributed by atoms with Crippen LogP contribution in [0.25, 0.3) is 10.2 Å². The third-order valence-electron chi connectivity index (χ3n) is 6.21. The molecule has 32 heavy (non-hydrogen) atoms. The fourth-order valence-electron chi connectivity index (χ4n) is 4.25. The third kappa shape index (κ3) is 5.37. The molecule has 170 valence electrons. The van der Waals surface area contributed by atoms with Gasteiger partial charge in [0.2, 0.25) is 5.91 Å². The number of morpholine rings is 1. The van der Waals surface area contributed by atoms with Gasteiger partial charge in [0.15, 0.2) is 5.13 Å². The molecule has 1 aliphatic rings. The molecule has 1 saturated heterocycles. The van der Waals surface area contributed by atoms with Crippen LogP contribution in [0.5, 0.6) is 0 Å². The zero-order chi connectivity index (χ0) is 22.5. The predicted molar refractivity (Wildman–Crippen MR) is 133 cm³/mol. The van der Waals surface area contributed by atoms with Gasteiger partial charge in [0.1, 0.15) is 0 Å². The summed E-state index contributed by atoms with van der Waals surface area (Å²) in [5.74, 6) is 0.123. The van der Waals surface area contributed by atoms with Crippen LogP contribution in [0.1, 0.15) is 35.6 Å². The number of carbonyl (C=O) groups excluding carboxylic acids is 1. The summed E-state index contributed by atoms with van der Waals surface area (Å²) in [4.78, 5) is 22.8. The van der Waals surface area contributed by atoms with E-state index in [0.717, 1.165) is 72.2 Å². The Hall–Kier alpha value is -2.28. The van der Waals surface area contributed by atoms with E-state index in [0.29, 0.717) is 13.0 Å². The molecule has 1 aliphatic heterocycles. The molecule has 1 fully saturated rings. The van der Waals surface area contributed by atoms with Crippen LogP contribution in [0.15, 0.2) is 36.4 Å². The molecule has 5 nitrogen and oxygen atoms in total. The minimum Gasteiger partial charge on any atom is -0.379 e. The second-order valence-corrected chi connectivity index (χ2v) is 9.58. The molecule has 1 amide bonds. The van der Waals surface area contributed by atoms with Crippen molar-refractivity contribution in [2.45, 2.75) is 40.0 Å². The van der Waals surface area contributed by atoms with E-state index in [9.17, 15) is 4.79 Å². The average Bonchev–Trinajstić information content (AvgIpc) is 3.23. The van der Waals surface area contributed by atoms with Crippen molar-refractivity contribution in [1.29, 1.82) is 0 Å². The number of benzene rings is 2. The lowest BCUT2D eigenvalue weighted by Gasteiger charge is -2.28. The van der Waals surface area contributed by atoms with Crippen molar-refractivity contribution < 1.29 is 9.53 Å². The van der Waals surface area contributed by atoms with Crippen molar-refractivity contribution in [3.8, 4) is 0 Å². The average molecular weight is 452 g/mol. The first-order valence-electron chi connectivity index (χ1n) is 11.6. The number of carbonyl (C=O) groups is 1. The second-order valence-electron chi connectivity index (χ2n) is 8.57. The van der Waals surface area contributed by atoms with E-state index in [1.54, 1.807) is 11.3 Å². The first-order valence-corrected chi connectivity index (χ1v) is 12.4. The molecular formula is C26H33N3O2S. The number of hydrogen-bond donors (Lipinski definition) is 0. The van der Waals surface area contributed by atoms with Crippen LogP contribution < -0.4 is 4.90 Å². The highest BCUT2D eigenvalue weighted by molar-refractivity contribution is 7.22. The van der Waals surface area contributed by atoms with Crippen molar-refractivity contribution in [3.63, 3.8) is 0 Å². The number of aryl methyl sites for hydroxylation is 3. The van der Waals surface area contributed by atoms with Crippen LogP contribution in [0, 0.1) is 13.8 Å². The molecule has 0 radical (unpaired) electrons. The largest absolute Gasteiger partial charge is 0.379 e. The summed E-state index contributed by atoms with van der Waals surface area (Å²) in [5.41, 5.74) is 5.72. The molecule has 0 aliphatic carbocycles. The lowest BCUT2D eigenvalue weighted by Crippen LogP contribution is -2.39. The van der Waals surface area contributed by atoms with Gasteiger partial charge < -0.3 is 4.74 Å². The van der Waals surface area contributed by atoms with Crippen molar-refractivity contribution in [2.24, 2.45) is 0 Å². The van der Waals surface area contributed by atoms with Gasteiger partial charge in [0.25, 0.3) is 0 Å². The van der Waals surface area contributed by atoms with E-state index in [4.69, 9.17) is 9.72 Å². The Morgan fingerprint density at radius 1 is 1.16 bits per heavy atom.